The van der Waals surface area contributed by atoms with E-state index in [4.69, 9.17) is 0 Å². The topological polar surface area (TPSA) is 54.5 Å². The van der Waals surface area contributed by atoms with Crippen molar-refractivity contribution in [2.24, 2.45) is 5.92 Å². The second-order valence-electron chi connectivity index (χ2n) is 4.85. The molecule has 0 aliphatic carbocycles. The monoisotopic (exact) mass is 263 g/mol. The SMILES string of the molecule is CCN1CCC(CNc2ccnc(C(=O)OC)c2)C1. The van der Waals surface area contributed by atoms with Gasteiger partial charge < -0.3 is 15.0 Å². The van der Waals surface area contributed by atoms with Crippen molar-refractivity contribution in [3.05, 3.63) is 24.0 Å². The second-order valence-corrected chi connectivity index (χ2v) is 4.85. The van der Waals surface area contributed by atoms with Crippen molar-refractivity contribution in [1.82, 2.24) is 9.88 Å². The van der Waals surface area contributed by atoms with Crippen molar-refractivity contribution in [3.63, 3.8) is 0 Å². The summed E-state index contributed by atoms with van der Waals surface area (Å²) in [5, 5.41) is 3.38. The Morgan fingerprint density at radius 1 is 1.63 bits per heavy atom. The second kappa shape index (κ2) is 6.52. The Bertz CT molecular complexity index is 436. The molecule has 0 amide bonds. The average Bonchev–Trinajstić information content (AvgIpc) is 2.92. The minimum atomic E-state index is -0.401. The van der Waals surface area contributed by atoms with Crippen LogP contribution in [-0.2, 0) is 4.74 Å². The van der Waals surface area contributed by atoms with E-state index < -0.39 is 5.97 Å². The van der Waals surface area contributed by atoms with E-state index in [1.54, 1.807) is 12.3 Å². The highest BCUT2D eigenvalue weighted by Gasteiger charge is 2.20. The molecule has 2 rings (SSSR count). The molecule has 1 N–H and O–H groups in total. The zero-order valence-corrected chi connectivity index (χ0v) is 11.6. The van der Waals surface area contributed by atoms with Crippen LogP contribution in [0.25, 0.3) is 0 Å². The number of likely N-dealkylation sites (tertiary alicyclic amines) is 1. The zero-order valence-electron chi connectivity index (χ0n) is 11.6. The summed E-state index contributed by atoms with van der Waals surface area (Å²) >= 11 is 0. The quantitative estimate of drug-likeness (QED) is 0.818. The summed E-state index contributed by atoms with van der Waals surface area (Å²) in [5.41, 5.74) is 1.26. The molecule has 1 aliphatic heterocycles. The third-order valence-electron chi connectivity index (χ3n) is 3.57. The predicted octanol–water partition coefficient (Wildman–Crippen LogP) is 1.62. The number of hydrogen-bond donors (Lipinski definition) is 1. The van der Waals surface area contributed by atoms with Crippen molar-refractivity contribution in [2.45, 2.75) is 13.3 Å². The van der Waals surface area contributed by atoms with Crippen molar-refractivity contribution in [2.75, 3.05) is 38.6 Å². The van der Waals surface area contributed by atoms with Gasteiger partial charge in [-0.3, -0.25) is 0 Å². The Balaban J connectivity index is 1.88. The van der Waals surface area contributed by atoms with E-state index in [-0.39, 0.29) is 0 Å². The molecule has 0 aromatic carbocycles. The normalized spacial score (nSPS) is 19.4. The van der Waals surface area contributed by atoms with Crippen LogP contribution < -0.4 is 5.32 Å². The molecular weight excluding hydrogens is 242 g/mol. The van der Waals surface area contributed by atoms with E-state index in [1.165, 1.54) is 20.1 Å². The summed E-state index contributed by atoms with van der Waals surface area (Å²) in [4.78, 5) is 17.8. The lowest BCUT2D eigenvalue weighted by Crippen LogP contribution is -2.22. The van der Waals surface area contributed by atoms with Crippen LogP contribution in [0.4, 0.5) is 5.69 Å². The first-order valence-corrected chi connectivity index (χ1v) is 6.73. The van der Waals surface area contributed by atoms with E-state index in [2.05, 4.69) is 26.9 Å². The number of nitrogens with zero attached hydrogens (tertiary/aromatic N) is 2. The highest BCUT2D eigenvalue weighted by atomic mass is 16.5. The van der Waals surface area contributed by atoms with Crippen LogP contribution in [-0.4, -0.2) is 49.1 Å². The van der Waals surface area contributed by atoms with Gasteiger partial charge in [0.1, 0.15) is 5.69 Å². The number of ether oxygens (including phenoxy) is 1. The first-order chi connectivity index (χ1) is 9.22. The molecule has 0 spiro atoms. The Labute approximate surface area is 114 Å². The Hall–Kier alpha value is -1.62. The molecule has 5 heteroatoms. The number of rotatable bonds is 5. The van der Waals surface area contributed by atoms with E-state index >= 15 is 0 Å². The van der Waals surface area contributed by atoms with Crippen LogP contribution in [0.15, 0.2) is 18.3 Å². The van der Waals surface area contributed by atoms with E-state index in [1.807, 2.05) is 6.07 Å². The molecule has 0 radical (unpaired) electrons. The molecule has 1 fully saturated rings. The number of anilines is 1. The number of nitrogens with one attached hydrogen (secondary N) is 1. The number of pyridine rings is 1. The highest BCUT2D eigenvalue weighted by molar-refractivity contribution is 5.88. The van der Waals surface area contributed by atoms with Crippen LogP contribution >= 0.6 is 0 Å². The maximum absolute atomic E-state index is 11.4. The van der Waals surface area contributed by atoms with Gasteiger partial charge in [-0.2, -0.15) is 0 Å². The summed E-state index contributed by atoms with van der Waals surface area (Å²) in [5.74, 6) is 0.274. The van der Waals surface area contributed by atoms with E-state index in [9.17, 15) is 4.79 Å². The third kappa shape index (κ3) is 3.67. The van der Waals surface area contributed by atoms with Crippen molar-refractivity contribution in [3.8, 4) is 0 Å². The smallest absolute Gasteiger partial charge is 0.356 e. The van der Waals surface area contributed by atoms with Gasteiger partial charge in [0.15, 0.2) is 0 Å². The number of esters is 1. The van der Waals surface area contributed by atoms with Crippen molar-refractivity contribution >= 4 is 11.7 Å². The molecule has 1 aliphatic rings. The number of carbonyl (C=O) groups excluding carboxylic acids is 1. The summed E-state index contributed by atoms with van der Waals surface area (Å²) in [6.45, 7) is 6.59. The average molecular weight is 263 g/mol. The fourth-order valence-electron chi connectivity index (χ4n) is 2.39. The van der Waals surface area contributed by atoms with E-state index in [0.717, 1.165) is 25.3 Å². The standard InChI is InChI=1S/C14H21N3O2/c1-3-17-7-5-11(10-17)9-16-12-4-6-15-13(8-12)14(18)19-2/h4,6,8,11H,3,5,7,9-10H2,1-2H3,(H,15,16). The lowest BCUT2D eigenvalue weighted by Gasteiger charge is -2.14. The highest BCUT2D eigenvalue weighted by Crippen LogP contribution is 2.17. The Morgan fingerprint density at radius 3 is 3.16 bits per heavy atom. The fourth-order valence-corrected chi connectivity index (χ4v) is 2.39. The van der Waals surface area contributed by atoms with Gasteiger partial charge in [0.05, 0.1) is 7.11 Å². The van der Waals surface area contributed by atoms with E-state index in [0.29, 0.717) is 11.6 Å². The van der Waals surface area contributed by atoms with Gasteiger partial charge in [-0.05, 0) is 37.6 Å². The first-order valence-electron chi connectivity index (χ1n) is 6.73. The molecule has 19 heavy (non-hydrogen) atoms. The molecular formula is C14H21N3O2. The number of methoxy groups -OCH3 is 1. The maximum atomic E-state index is 11.4. The first kappa shape index (κ1) is 13.8. The van der Waals surface area contributed by atoms with Gasteiger partial charge in [0, 0.05) is 25.0 Å². The molecule has 1 atom stereocenters. The summed E-state index contributed by atoms with van der Waals surface area (Å²) in [7, 11) is 1.36. The summed E-state index contributed by atoms with van der Waals surface area (Å²) in [6, 6.07) is 3.61. The van der Waals surface area contributed by atoms with Gasteiger partial charge in [-0.1, -0.05) is 6.92 Å². The minimum absolute atomic E-state index is 0.342. The molecule has 1 saturated heterocycles. The van der Waals surface area contributed by atoms with Crippen LogP contribution in [0.2, 0.25) is 0 Å². The molecule has 1 aromatic heterocycles. The minimum Gasteiger partial charge on any atom is -0.464 e. The Morgan fingerprint density at radius 2 is 2.47 bits per heavy atom. The van der Waals surface area contributed by atoms with Gasteiger partial charge in [0.25, 0.3) is 0 Å². The van der Waals surface area contributed by atoms with Gasteiger partial charge in [-0.15, -0.1) is 0 Å². The van der Waals surface area contributed by atoms with Crippen molar-refractivity contribution < 1.29 is 9.53 Å². The van der Waals surface area contributed by atoms with Crippen LogP contribution in [0, 0.1) is 5.92 Å². The van der Waals surface area contributed by atoms with Gasteiger partial charge in [0.2, 0.25) is 0 Å². The van der Waals surface area contributed by atoms with Gasteiger partial charge in [-0.25, -0.2) is 9.78 Å². The summed E-state index contributed by atoms with van der Waals surface area (Å²) in [6.07, 6.45) is 2.86. The largest absolute Gasteiger partial charge is 0.464 e. The maximum Gasteiger partial charge on any atom is 0.356 e. The molecule has 2 heterocycles. The predicted molar refractivity (Wildman–Crippen MR) is 74.3 cm³/mol. The number of aromatic nitrogens is 1. The number of carbonyl (C=O) groups is 1. The zero-order chi connectivity index (χ0) is 13.7. The molecule has 5 nitrogen and oxygen atoms in total. The van der Waals surface area contributed by atoms with Crippen LogP contribution in [0.5, 0.6) is 0 Å². The summed E-state index contributed by atoms with van der Waals surface area (Å²) < 4.78 is 4.66. The van der Waals surface area contributed by atoms with Crippen LogP contribution in [0.1, 0.15) is 23.8 Å². The Kier molecular flexibility index (Phi) is 4.74. The lowest BCUT2D eigenvalue weighted by molar-refractivity contribution is 0.0594. The van der Waals surface area contributed by atoms with Crippen LogP contribution in [0.3, 0.4) is 0 Å². The lowest BCUT2D eigenvalue weighted by atomic mass is 10.1. The molecule has 0 bridgehead atoms. The molecule has 1 unspecified atom stereocenters. The fraction of sp³-hybridized carbons (Fsp3) is 0.571. The number of hydrogen-bond acceptors (Lipinski definition) is 5. The van der Waals surface area contributed by atoms with Gasteiger partial charge >= 0.3 is 5.97 Å². The van der Waals surface area contributed by atoms with Crippen molar-refractivity contribution in [1.29, 1.82) is 0 Å². The molecule has 1 aromatic rings. The molecule has 104 valence electrons. The third-order valence-corrected chi connectivity index (χ3v) is 3.57. The molecule has 0 saturated carbocycles.